The van der Waals surface area contributed by atoms with E-state index >= 15 is 0 Å². The van der Waals surface area contributed by atoms with Gasteiger partial charge in [-0.3, -0.25) is 9.78 Å². The van der Waals surface area contributed by atoms with Crippen LogP contribution in [0.1, 0.15) is 10.6 Å². The second kappa shape index (κ2) is 7.66. The zero-order valence-corrected chi connectivity index (χ0v) is 14.2. The third-order valence-corrected chi connectivity index (χ3v) is 3.57. The minimum atomic E-state index is -0.309. The van der Waals surface area contributed by atoms with Crippen LogP contribution in [0.25, 0.3) is 10.9 Å². The number of hydrogen-bond donors (Lipinski definition) is 1. The maximum Gasteiger partial charge on any atom is 0.287 e. The summed E-state index contributed by atoms with van der Waals surface area (Å²) in [5.74, 6) is 6.31. The van der Waals surface area contributed by atoms with E-state index in [-0.39, 0.29) is 24.8 Å². The smallest absolute Gasteiger partial charge is 0.287 e. The van der Waals surface area contributed by atoms with E-state index in [0.717, 1.165) is 10.9 Å². The Balaban J connectivity index is 1.46. The molecule has 3 aromatic rings. The molecule has 5 nitrogen and oxygen atoms in total. The van der Waals surface area contributed by atoms with Crippen molar-refractivity contribution in [1.82, 2.24) is 10.3 Å². The van der Waals surface area contributed by atoms with Crippen LogP contribution in [0.3, 0.4) is 0 Å². The van der Waals surface area contributed by atoms with E-state index in [1.807, 2.05) is 30.3 Å². The summed E-state index contributed by atoms with van der Waals surface area (Å²) in [6.07, 6.45) is 1.74. The molecule has 0 atom stereocenters. The zero-order valence-electron chi connectivity index (χ0n) is 12.6. The average molecular weight is 385 g/mol. The van der Waals surface area contributed by atoms with E-state index in [0.29, 0.717) is 10.4 Å². The molecule has 1 N–H and O–H groups in total. The first-order valence-electron chi connectivity index (χ1n) is 7.19. The number of amides is 1. The molecule has 3 rings (SSSR count). The second-order valence-electron chi connectivity index (χ2n) is 4.79. The molecule has 0 aliphatic rings. The molecule has 120 valence electrons. The van der Waals surface area contributed by atoms with Crippen LogP contribution in [0.5, 0.6) is 5.75 Å². The number of carbonyl (C=O) groups is 1. The largest absolute Gasteiger partial charge is 0.481 e. The summed E-state index contributed by atoms with van der Waals surface area (Å²) >= 11 is 3.14. The number of hydrogen-bond acceptors (Lipinski definition) is 4. The number of nitrogens with zero attached hydrogens (tertiary/aromatic N) is 1. The first-order chi connectivity index (χ1) is 11.7. The number of rotatable bonds is 4. The zero-order chi connectivity index (χ0) is 16.8. The molecular formula is C18H13BrN2O3. The molecule has 0 saturated carbocycles. The van der Waals surface area contributed by atoms with E-state index in [9.17, 15) is 4.79 Å². The Hall–Kier alpha value is -2.78. The predicted octanol–water partition coefficient (Wildman–Crippen LogP) is 3.40. The molecular weight excluding hydrogens is 372 g/mol. The summed E-state index contributed by atoms with van der Waals surface area (Å²) in [7, 11) is 0. The van der Waals surface area contributed by atoms with Gasteiger partial charge in [0.2, 0.25) is 0 Å². The second-order valence-corrected chi connectivity index (χ2v) is 5.57. The summed E-state index contributed by atoms with van der Waals surface area (Å²) in [4.78, 5) is 16.0. The van der Waals surface area contributed by atoms with Gasteiger partial charge in [-0.1, -0.05) is 17.9 Å². The van der Waals surface area contributed by atoms with E-state index in [1.54, 1.807) is 18.3 Å². The highest BCUT2D eigenvalue weighted by Crippen LogP contribution is 2.18. The maximum atomic E-state index is 11.7. The minimum absolute atomic E-state index is 0.222. The highest BCUT2D eigenvalue weighted by atomic mass is 79.9. The molecule has 2 heterocycles. The van der Waals surface area contributed by atoms with Crippen molar-refractivity contribution in [2.45, 2.75) is 0 Å². The Morgan fingerprint density at radius 1 is 1.25 bits per heavy atom. The normalized spacial score (nSPS) is 10.0. The molecule has 0 aliphatic heterocycles. The molecule has 0 unspecified atom stereocenters. The van der Waals surface area contributed by atoms with E-state index in [1.165, 1.54) is 0 Å². The topological polar surface area (TPSA) is 64.4 Å². The van der Waals surface area contributed by atoms with Crippen molar-refractivity contribution in [1.29, 1.82) is 0 Å². The molecule has 0 saturated heterocycles. The number of furan rings is 1. The van der Waals surface area contributed by atoms with Crippen LogP contribution in [0.4, 0.5) is 0 Å². The van der Waals surface area contributed by atoms with Crippen molar-refractivity contribution in [3.8, 4) is 17.6 Å². The van der Waals surface area contributed by atoms with Crippen molar-refractivity contribution in [2.24, 2.45) is 0 Å². The molecule has 0 fully saturated rings. The molecule has 0 radical (unpaired) electrons. The highest BCUT2D eigenvalue weighted by molar-refractivity contribution is 9.10. The molecule has 0 aliphatic carbocycles. The Morgan fingerprint density at radius 3 is 3.00 bits per heavy atom. The molecule has 0 bridgehead atoms. The number of nitrogens with one attached hydrogen (secondary N) is 1. The molecule has 0 spiro atoms. The average Bonchev–Trinajstić information content (AvgIpc) is 3.04. The number of pyridine rings is 1. The van der Waals surface area contributed by atoms with E-state index < -0.39 is 0 Å². The van der Waals surface area contributed by atoms with Gasteiger partial charge in [0.1, 0.15) is 12.4 Å². The van der Waals surface area contributed by atoms with Crippen LogP contribution in [-0.4, -0.2) is 24.0 Å². The number of ether oxygens (including phenoxy) is 1. The van der Waals surface area contributed by atoms with Gasteiger partial charge in [-0.15, -0.1) is 0 Å². The van der Waals surface area contributed by atoms with Gasteiger partial charge in [-0.25, -0.2) is 0 Å². The summed E-state index contributed by atoms with van der Waals surface area (Å²) < 4.78 is 11.2. The third kappa shape index (κ3) is 4.15. The number of halogens is 1. The number of fused-ring (bicyclic) bond motifs is 1. The minimum Gasteiger partial charge on any atom is -0.481 e. The Kier molecular flexibility index (Phi) is 5.14. The van der Waals surface area contributed by atoms with Gasteiger partial charge in [-0.2, -0.15) is 0 Å². The SMILES string of the molecule is O=C(NCC#CCOc1ccc2cccnc2c1)c1ccc(Br)o1. The van der Waals surface area contributed by atoms with Crippen LogP contribution in [0, 0.1) is 11.8 Å². The third-order valence-electron chi connectivity index (χ3n) is 3.15. The van der Waals surface area contributed by atoms with Gasteiger partial charge in [0, 0.05) is 17.6 Å². The lowest BCUT2D eigenvalue weighted by Crippen LogP contribution is -2.23. The standard InChI is InChI=1S/C18H13BrN2O3/c19-17-8-7-16(24-17)18(22)21-9-1-2-11-23-14-6-5-13-4-3-10-20-15(13)12-14/h3-8,10,12H,9,11H2,(H,21,22). The summed E-state index contributed by atoms with van der Waals surface area (Å²) in [6, 6.07) is 12.8. The van der Waals surface area contributed by atoms with Gasteiger partial charge < -0.3 is 14.5 Å². The first kappa shape index (κ1) is 16.1. The van der Waals surface area contributed by atoms with Crippen molar-refractivity contribution in [2.75, 3.05) is 13.2 Å². The summed E-state index contributed by atoms with van der Waals surface area (Å²) in [6.45, 7) is 0.459. The van der Waals surface area contributed by atoms with Gasteiger partial charge in [-0.05, 0) is 46.3 Å². The monoisotopic (exact) mass is 384 g/mol. The molecule has 1 aromatic carbocycles. The van der Waals surface area contributed by atoms with Crippen LogP contribution in [-0.2, 0) is 0 Å². The molecule has 1 amide bonds. The van der Waals surface area contributed by atoms with Crippen LogP contribution in [0.2, 0.25) is 0 Å². The number of carbonyl (C=O) groups excluding carboxylic acids is 1. The first-order valence-corrected chi connectivity index (χ1v) is 7.98. The fraction of sp³-hybridized carbons (Fsp3) is 0.111. The highest BCUT2D eigenvalue weighted by Gasteiger charge is 2.08. The van der Waals surface area contributed by atoms with Crippen molar-refractivity contribution in [3.63, 3.8) is 0 Å². The van der Waals surface area contributed by atoms with Gasteiger partial charge in [0.25, 0.3) is 5.91 Å². The van der Waals surface area contributed by atoms with Crippen molar-refractivity contribution >= 4 is 32.7 Å². The summed E-state index contributed by atoms with van der Waals surface area (Å²) in [5, 5.41) is 3.70. The lowest BCUT2D eigenvalue weighted by molar-refractivity contribution is 0.0930. The fourth-order valence-corrected chi connectivity index (χ4v) is 2.32. The predicted molar refractivity (Wildman–Crippen MR) is 93.8 cm³/mol. The van der Waals surface area contributed by atoms with Gasteiger partial charge in [0.15, 0.2) is 10.4 Å². The molecule has 24 heavy (non-hydrogen) atoms. The Bertz CT molecular complexity index is 924. The van der Waals surface area contributed by atoms with Gasteiger partial charge >= 0.3 is 0 Å². The lowest BCUT2D eigenvalue weighted by Gasteiger charge is -2.03. The van der Waals surface area contributed by atoms with Crippen LogP contribution >= 0.6 is 15.9 Å². The van der Waals surface area contributed by atoms with Crippen molar-refractivity contribution in [3.05, 3.63) is 59.1 Å². The fourth-order valence-electron chi connectivity index (χ4n) is 2.02. The lowest BCUT2D eigenvalue weighted by atomic mass is 10.2. The number of aromatic nitrogens is 1. The Morgan fingerprint density at radius 2 is 2.17 bits per heavy atom. The number of benzene rings is 1. The van der Waals surface area contributed by atoms with Crippen LogP contribution < -0.4 is 10.1 Å². The molecule has 6 heteroatoms. The molecule has 2 aromatic heterocycles. The van der Waals surface area contributed by atoms with Crippen LogP contribution in [0.15, 0.2) is 57.7 Å². The van der Waals surface area contributed by atoms with Gasteiger partial charge in [0.05, 0.1) is 12.1 Å². The maximum absolute atomic E-state index is 11.7. The quantitative estimate of drug-likeness (QED) is 0.700. The van der Waals surface area contributed by atoms with E-state index in [4.69, 9.17) is 9.15 Å². The van der Waals surface area contributed by atoms with E-state index in [2.05, 4.69) is 38.1 Å². The summed E-state index contributed by atoms with van der Waals surface area (Å²) in [5.41, 5.74) is 0.875. The van der Waals surface area contributed by atoms with Crippen molar-refractivity contribution < 1.29 is 13.9 Å². The Labute approximate surface area is 147 Å².